The van der Waals surface area contributed by atoms with E-state index in [0.29, 0.717) is 30.2 Å². The number of fused-ring (bicyclic) bond motifs is 1. The van der Waals surface area contributed by atoms with Crippen LogP contribution in [0, 0.1) is 12.3 Å². The van der Waals surface area contributed by atoms with E-state index in [0.717, 1.165) is 11.3 Å². The van der Waals surface area contributed by atoms with E-state index in [1.165, 1.54) is 0 Å². The Balaban J connectivity index is 1.90. The third-order valence-electron chi connectivity index (χ3n) is 4.63. The van der Waals surface area contributed by atoms with Crippen molar-refractivity contribution in [1.82, 2.24) is 0 Å². The zero-order valence-corrected chi connectivity index (χ0v) is 15.6. The Morgan fingerprint density at radius 1 is 1.23 bits per heavy atom. The summed E-state index contributed by atoms with van der Waals surface area (Å²) in [5.41, 5.74) is 2.33. The lowest BCUT2D eigenvalue weighted by Crippen LogP contribution is -2.42. The number of hydrogen-bond donors (Lipinski definition) is 1. The smallest absolute Gasteiger partial charge is 0.255 e. The van der Waals surface area contributed by atoms with E-state index in [1.807, 2.05) is 52.0 Å². The number of anilines is 2. The van der Waals surface area contributed by atoms with Gasteiger partial charge in [0.15, 0.2) is 0 Å². The van der Waals surface area contributed by atoms with Crippen molar-refractivity contribution in [2.75, 3.05) is 23.4 Å². The molecule has 0 aromatic heterocycles. The molecule has 26 heavy (non-hydrogen) atoms. The van der Waals surface area contributed by atoms with E-state index in [-0.39, 0.29) is 11.8 Å². The van der Waals surface area contributed by atoms with Gasteiger partial charge in [-0.1, -0.05) is 18.2 Å². The Morgan fingerprint density at radius 3 is 2.65 bits per heavy atom. The molecule has 0 atom stereocenters. The summed E-state index contributed by atoms with van der Waals surface area (Å²) < 4.78 is 5.90. The minimum absolute atomic E-state index is 0.0374. The zero-order valence-electron chi connectivity index (χ0n) is 15.6. The van der Waals surface area contributed by atoms with Crippen molar-refractivity contribution in [2.24, 2.45) is 5.41 Å². The van der Waals surface area contributed by atoms with Crippen molar-refractivity contribution < 1.29 is 14.3 Å². The molecular formula is C21H24N2O3. The monoisotopic (exact) mass is 352 g/mol. The standard InChI is InChI=1S/C21H24N2O3/c1-5-23-17-11-10-15(12-18(17)26-13-21(3,4)20(23)25)22-19(24)16-9-7-6-8-14(16)2/h6-12H,5,13H2,1-4H3,(H,22,24). The van der Waals surface area contributed by atoms with Gasteiger partial charge in [-0.3, -0.25) is 9.59 Å². The first-order valence-electron chi connectivity index (χ1n) is 8.79. The summed E-state index contributed by atoms with van der Waals surface area (Å²) in [6.07, 6.45) is 0. The van der Waals surface area contributed by atoms with Crippen LogP contribution < -0.4 is 15.0 Å². The average Bonchev–Trinajstić information content (AvgIpc) is 2.70. The van der Waals surface area contributed by atoms with Crippen LogP contribution >= 0.6 is 0 Å². The van der Waals surface area contributed by atoms with Crippen LogP contribution in [0.4, 0.5) is 11.4 Å². The van der Waals surface area contributed by atoms with Gasteiger partial charge < -0.3 is 15.0 Å². The molecule has 2 aromatic rings. The van der Waals surface area contributed by atoms with Gasteiger partial charge in [0.25, 0.3) is 5.91 Å². The zero-order chi connectivity index (χ0) is 18.9. The molecule has 1 aliphatic rings. The van der Waals surface area contributed by atoms with E-state index in [1.54, 1.807) is 23.1 Å². The number of nitrogens with one attached hydrogen (secondary N) is 1. The molecule has 0 fully saturated rings. The van der Waals surface area contributed by atoms with E-state index in [4.69, 9.17) is 4.74 Å². The summed E-state index contributed by atoms with van der Waals surface area (Å²) in [6, 6.07) is 12.9. The van der Waals surface area contributed by atoms with Crippen molar-refractivity contribution in [3.8, 4) is 5.75 Å². The van der Waals surface area contributed by atoms with Crippen LogP contribution in [-0.2, 0) is 4.79 Å². The summed E-state index contributed by atoms with van der Waals surface area (Å²) in [4.78, 5) is 27.0. The number of nitrogens with zero attached hydrogens (tertiary/aromatic N) is 1. The SMILES string of the molecule is CCN1C(=O)C(C)(C)COc2cc(NC(=O)c3ccccc3C)ccc21. The maximum Gasteiger partial charge on any atom is 0.255 e. The molecule has 0 unspecified atom stereocenters. The molecule has 0 saturated carbocycles. The molecule has 136 valence electrons. The fourth-order valence-corrected chi connectivity index (χ4v) is 3.07. The molecule has 5 nitrogen and oxygen atoms in total. The van der Waals surface area contributed by atoms with E-state index < -0.39 is 5.41 Å². The Bertz CT molecular complexity index is 858. The van der Waals surface area contributed by atoms with Crippen molar-refractivity contribution in [2.45, 2.75) is 27.7 Å². The molecule has 2 aromatic carbocycles. The predicted molar refractivity (Wildman–Crippen MR) is 103 cm³/mol. The fourth-order valence-electron chi connectivity index (χ4n) is 3.07. The molecule has 2 amide bonds. The first-order valence-corrected chi connectivity index (χ1v) is 8.79. The quantitative estimate of drug-likeness (QED) is 0.908. The maximum absolute atomic E-state index is 12.7. The van der Waals surface area contributed by atoms with Crippen LogP contribution in [0.2, 0.25) is 0 Å². The second-order valence-electron chi connectivity index (χ2n) is 7.17. The number of benzene rings is 2. The summed E-state index contributed by atoms with van der Waals surface area (Å²) in [7, 11) is 0. The molecule has 3 rings (SSSR count). The molecule has 1 N–H and O–H groups in total. The number of ether oxygens (including phenoxy) is 1. The van der Waals surface area contributed by atoms with Gasteiger partial charge in [-0.05, 0) is 51.5 Å². The Labute approximate surface area is 154 Å². The lowest BCUT2D eigenvalue weighted by Gasteiger charge is -2.26. The van der Waals surface area contributed by atoms with Gasteiger partial charge in [-0.2, -0.15) is 0 Å². The second-order valence-corrected chi connectivity index (χ2v) is 7.17. The number of hydrogen-bond acceptors (Lipinski definition) is 3. The normalized spacial score (nSPS) is 15.7. The number of carbonyl (C=O) groups is 2. The largest absolute Gasteiger partial charge is 0.490 e. The van der Waals surface area contributed by atoms with Crippen LogP contribution in [0.15, 0.2) is 42.5 Å². The van der Waals surface area contributed by atoms with E-state index >= 15 is 0 Å². The van der Waals surface area contributed by atoms with Crippen LogP contribution in [0.1, 0.15) is 36.7 Å². The summed E-state index contributed by atoms with van der Waals surface area (Å²) in [6.45, 7) is 8.46. The molecule has 0 saturated heterocycles. The van der Waals surface area contributed by atoms with Gasteiger partial charge in [-0.25, -0.2) is 0 Å². The minimum Gasteiger partial charge on any atom is -0.490 e. The topological polar surface area (TPSA) is 58.6 Å². The molecule has 1 heterocycles. The number of rotatable bonds is 3. The van der Waals surface area contributed by atoms with Crippen molar-refractivity contribution in [3.05, 3.63) is 53.6 Å². The summed E-state index contributed by atoms with van der Waals surface area (Å²) in [5, 5.41) is 2.91. The van der Waals surface area contributed by atoms with Gasteiger partial charge in [0, 0.05) is 23.9 Å². The Hall–Kier alpha value is -2.82. The van der Waals surface area contributed by atoms with E-state index in [9.17, 15) is 9.59 Å². The maximum atomic E-state index is 12.7. The second kappa shape index (κ2) is 6.83. The average molecular weight is 352 g/mol. The minimum atomic E-state index is -0.598. The highest BCUT2D eigenvalue weighted by molar-refractivity contribution is 6.06. The summed E-state index contributed by atoms with van der Waals surface area (Å²) in [5.74, 6) is 0.476. The number of carbonyl (C=O) groups excluding carboxylic acids is 2. The summed E-state index contributed by atoms with van der Waals surface area (Å²) >= 11 is 0. The third-order valence-corrected chi connectivity index (χ3v) is 4.63. The number of amides is 2. The first-order chi connectivity index (χ1) is 12.3. The highest BCUT2D eigenvalue weighted by Gasteiger charge is 2.37. The van der Waals surface area contributed by atoms with Crippen LogP contribution in [0.3, 0.4) is 0 Å². The molecule has 5 heteroatoms. The Kier molecular flexibility index (Phi) is 4.72. The van der Waals surface area contributed by atoms with Gasteiger partial charge in [0.2, 0.25) is 5.91 Å². The van der Waals surface area contributed by atoms with Crippen LogP contribution in [-0.4, -0.2) is 25.0 Å². The van der Waals surface area contributed by atoms with E-state index in [2.05, 4.69) is 5.32 Å². The van der Waals surface area contributed by atoms with Gasteiger partial charge in [-0.15, -0.1) is 0 Å². The lowest BCUT2D eigenvalue weighted by atomic mass is 9.93. The molecule has 0 aliphatic carbocycles. The molecule has 0 spiro atoms. The molecule has 1 aliphatic heterocycles. The third kappa shape index (κ3) is 3.29. The van der Waals surface area contributed by atoms with Crippen LogP contribution in [0.5, 0.6) is 5.75 Å². The van der Waals surface area contributed by atoms with Gasteiger partial charge >= 0.3 is 0 Å². The lowest BCUT2D eigenvalue weighted by molar-refractivity contribution is -0.127. The van der Waals surface area contributed by atoms with Gasteiger partial charge in [0.1, 0.15) is 12.4 Å². The molecular weight excluding hydrogens is 328 g/mol. The van der Waals surface area contributed by atoms with Crippen molar-refractivity contribution >= 4 is 23.2 Å². The van der Waals surface area contributed by atoms with Crippen molar-refractivity contribution in [3.63, 3.8) is 0 Å². The molecule has 0 bridgehead atoms. The fraction of sp³-hybridized carbons (Fsp3) is 0.333. The highest BCUT2D eigenvalue weighted by Crippen LogP contribution is 2.38. The molecule has 0 radical (unpaired) electrons. The van der Waals surface area contributed by atoms with Crippen LogP contribution in [0.25, 0.3) is 0 Å². The van der Waals surface area contributed by atoms with Crippen molar-refractivity contribution in [1.29, 1.82) is 0 Å². The highest BCUT2D eigenvalue weighted by atomic mass is 16.5. The number of aryl methyl sites for hydroxylation is 1. The predicted octanol–water partition coefficient (Wildman–Crippen LogP) is 4.02. The first kappa shape index (κ1) is 18.0. The Morgan fingerprint density at radius 2 is 1.96 bits per heavy atom. The van der Waals surface area contributed by atoms with Gasteiger partial charge in [0.05, 0.1) is 11.1 Å².